The first kappa shape index (κ1) is 14.0. The Balaban J connectivity index is 3.44. The van der Waals surface area contributed by atoms with Gasteiger partial charge in [-0.25, -0.2) is 0 Å². The van der Waals surface area contributed by atoms with Gasteiger partial charge in [-0.05, 0) is 18.6 Å². The summed E-state index contributed by atoms with van der Waals surface area (Å²) in [6.07, 6.45) is 0. The van der Waals surface area contributed by atoms with Gasteiger partial charge in [0.25, 0.3) is 0 Å². The van der Waals surface area contributed by atoms with E-state index in [-0.39, 0.29) is 5.56 Å². The molecule has 0 aromatic heterocycles. The number of benzene rings is 1. The van der Waals surface area contributed by atoms with Gasteiger partial charge in [0.15, 0.2) is 0 Å². The lowest BCUT2D eigenvalue weighted by Gasteiger charge is -2.11. The zero-order chi connectivity index (χ0) is 14.0. The zero-order valence-corrected chi connectivity index (χ0v) is 9.77. The molecule has 0 heterocycles. The van der Waals surface area contributed by atoms with Crippen LogP contribution in [-0.4, -0.2) is 21.8 Å². The van der Waals surface area contributed by atoms with Crippen molar-refractivity contribution in [2.75, 3.05) is 0 Å². The molecule has 0 aliphatic heterocycles. The van der Waals surface area contributed by atoms with Crippen LogP contribution in [0.3, 0.4) is 0 Å². The summed E-state index contributed by atoms with van der Waals surface area (Å²) in [5.74, 6) is -5.25. The number of carbonyl (C=O) groups excluding carboxylic acids is 1. The van der Waals surface area contributed by atoms with E-state index < -0.39 is 39.1 Å². The predicted octanol–water partition coefficient (Wildman–Crippen LogP) is 2.14. The first-order chi connectivity index (χ1) is 8.27. The molecular formula is C10H7ClFNO5. The lowest BCUT2D eigenvalue weighted by Crippen LogP contribution is -2.20. The third kappa shape index (κ3) is 2.45. The second kappa shape index (κ2) is 5.09. The number of rotatable bonds is 4. The van der Waals surface area contributed by atoms with E-state index in [9.17, 15) is 24.1 Å². The van der Waals surface area contributed by atoms with E-state index >= 15 is 0 Å². The fourth-order valence-electron chi connectivity index (χ4n) is 1.44. The standard InChI is InChI=1S/C10H7ClFNO5/c1-4(14)7(10(15)16)5-2-3-6(13(17)18)9(12)8(5)11/h2-3,7H,1H3,(H,15,16). The highest BCUT2D eigenvalue weighted by atomic mass is 35.5. The number of ketones is 1. The van der Waals surface area contributed by atoms with Gasteiger partial charge in [0.05, 0.1) is 9.95 Å². The molecule has 1 unspecified atom stereocenters. The molecule has 1 atom stereocenters. The summed E-state index contributed by atoms with van der Waals surface area (Å²) in [4.78, 5) is 31.5. The number of nitrogens with zero attached hydrogens (tertiary/aromatic N) is 1. The monoisotopic (exact) mass is 275 g/mol. The van der Waals surface area contributed by atoms with Crippen LogP contribution in [-0.2, 0) is 9.59 Å². The maximum atomic E-state index is 13.5. The van der Waals surface area contributed by atoms with Crippen molar-refractivity contribution < 1.29 is 24.0 Å². The third-order valence-electron chi connectivity index (χ3n) is 2.25. The van der Waals surface area contributed by atoms with Crippen LogP contribution in [0.15, 0.2) is 12.1 Å². The van der Waals surface area contributed by atoms with Crippen LogP contribution in [0.25, 0.3) is 0 Å². The fraction of sp³-hybridized carbons (Fsp3) is 0.200. The number of hydrogen-bond donors (Lipinski definition) is 1. The number of Topliss-reactive ketones (excluding diaryl/α,β-unsaturated/α-hetero) is 1. The molecule has 18 heavy (non-hydrogen) atoms. The summed E-state index contributed by atoms with van der Waals surface area (Å²) in [7, 11) is 0. The smallest absolute Gasteiger partial charge is 0.318 e. The summed E-state index contributed by atoms with van der Waals surface area (Å²) in [6, 6.07) is 1.74. The molecular weight excluding hydrogens is 269 g/mol. The number of carboxylic acid groups (broad SMARTS) is 1. The number of nitro benzene ring substituents is 1. The topological polar surface area (TPSA) is 97.5 Å². The second-order valence-electron chi connectivity index (χ2n) is 3.44. The average molecular weight is 276 g/mol. The highest BCUT2D eigenvalue weighted by Crippen LogP contribution is 2.33. The Labute approximate surface area is 105 Å². The predicted molar refractivity (Wildman–Crippen MR) is 59.1 cm³/mol. The van der Waals surface area contributed by atoms with E-state index in [1.54, 1.807) is 0 Å². The van der Waals surface area contributed by atoms with Crippen LogP contribution >= 0.6 is 11.6 Å². The van der Waals surface area contributed by atoms with Gasteiger partial charge in [0.2, 0.25) is 5.82 Å². The highest BCUT2D eigenvalue weighted by Gasteiger charge is 2.31. The Morgan fingerprint density at radius 1 is 1.50 bits per heavy atom. The van der Waals surface area contributed by atoms with Crippen LogP contribution in [0.1, 0.15) is 18.4 Å². The number of carboxylic acids is 1. The largest absolute Gasteiger partial charge is 0.480 e. The van der Waals surface area contributed by atoms with Crippen LogP contribution in [0.4, 0.5) is 10.1 Å². The summed E-state index contributed by atoms with van der Waals surface area (Å²) < 4.78 is 13.5. The van der Waals surface area contributed by atoms with Crippen molar-refractivity contribution in [3.63, 3.8) is 0 Å². The Morgan fingerprint density at radius 2 is 2.06 bits per heavy atom. The molecule has 0 aliphatic rings. The van der Waals surface area contributed by atoms with Crippen molar-refractivity contribution in [1.29, 1.82) is 0 Å². The first-order valence-corrected chi connectivity index (χ1v) is 5.00. The third-order valence-corrected chi connectivity index (χ3v) is 2.64. The Kier molecular flexibility index (Phi) is 3.97. The zero-order valence-electron chi connectivity index (χ0n) is 9.02. The molecule has 0 aliphatic carbocycles. The molecule has 8 heteroatoms. The Hall–Kier alpha value is -2.02. The quantitative estimate of drug-likeness (QED) is 0.516. The molecule has 0 amide bonds. The van der Waals surface area contributed by atoms with Crippen molar-refractivity contribution in [3.8, 4) is 0 Å². The van der Waals surface area contributed by atoms with Crippen LogP contribution in [0, 0.1) is 15.9 Å². The lowest BCUT2D eigenvalue weighted by atomic mass is 9.95. The fourth-order valence-corrected chi connectivity index (χ4v) is 1.71. The molecule has 1 aromatic carbocycles. The normalized spacial score (nSPS) is 11.9. The van der Waals surface area contributed by atoms with E-state index in [1.165, 1.54) is 0 Å². The molecule has 1 N–H and O–H groups in total. The summed E-state index contributed by atoms with van der Waals surface area (Å²) >= 11 is 5.53. The Morgan fingerprint density at radius 3 is 2.44 bits per heavy atom. The van der Waals surface area contributed by atoms with Crippen molar-refractivity contribution in [3.05, 3.63) is 38.7 Å². The number of carbonyl (C=O) groups is 2. The minimum absolute atomic E-state index is 0.306. The van der Waals surface area contributed by atoms with E-state index in [4.69, 9.17) is 16.7 Å². The summed E-state index contributed by atoms with van der Waals surface area (Å²) in [5.41, 5.74) is -1.18. The minimum atomic E-state index is -1.65. The molecule has 0 spiro atoms. The average Bonchev–Trinajstić information content (AvgIpc) is 2.23. The molecule has 0 radical (unpaired) electrons. The van der Waals surface area contributed by atoms with Gasteiger partial charge in [-0.1, -0.05) is 11.6 Å². The van der Waals surface area contributed by atoms with Gasteiger partial charge in [-0.3, -0.25) is 19.7 Å². The van der Waals surface area contributed by atoms with Gasteiger partial charge >= 0.3 is 11.7 Å². The minimum Gasteiger partial charge on any atom is -0.480 e. The first-order valence-electron chi connectivity index (χ1n) is 4.63. The molecule has 0 saturated heterocycles. The highest BCUT2D eigenvalue weighted by molar-refractivity contribution is 6.32. The van der Waals surface area contributed by atoms with E-state index in [1.807, 2.05) is 0 Å². The van der Waals surface area contributed by atoms with Crippen LogP contribution in [0.2, 0.25) is 5.02 Å². The van der Waals surface area contributed by atoms with Crippen molar-refractivity contribution >= 4 is 29.0 Å². The van der Waals surface area contributed by atoms with Gasteiger partial charge in [-0.15, -0.1) is 0 Å². The van der Waals surface area contributed by atoms with Crippen molar-refractivity contribution in [1.82, 2.24) is 0 Å². The lowest BCUT2D eigenvalue weighted by molar-refractivity contribution is -0.387. The van der Waals surface area contributed by atoms with Gasteiger partial charge < -0.3 is 5.11 Å². The summed E-state index contributed by atoms with van der Waals surface area (Å²) in [5, 5.41) is 18.6. The molecule has 1 rings (SSSR count). The van der Waals surface area contributed by atoms with Gasteiger partial charge in [0, 0.05) is 6.07 Å². The number of nitro groups is 1. The number of halogens is 2. The van der Waals surface area contributed by atoms with Gasteiger partial charge in [-0.2, -0.15) is 4.39 Å². The maximum absolute atomic E-state index is 13.5. The molecule has 0 saturated carbocycles. The number of hydrogen-bond acceptors (Lipinski definition) is 4. The molecule has 6 nitrogen and oxygen atoms in total. The van der Waals surface area contributed by atoms with E-state index in [0.717, 1.165) is 19.1 Å². The second-order valence-corrected chi connectivity index (χ2v) is 3.82. The molecule has 0 bridgehead atoms. The summed E-state index contributed by atoms with van der Waals surface area (Å²) in [6.45, 7) is 1.01. The SMILES string of the molecule is CC(=O)C(C(=O)O)c1ccc([N+](=O)[O-])c(F)c1Cl. The van der Waals surface area contributed by atoms with Crippen LogP contribution in [0.5, 0.6) is 0 Å². The maximum Gasteiger partial charge on any atom is 0.318 e. The van der Waals surface area contributed by atoms with E-state index in [2.05, 4.69) is 0 Å². The van der Waals surface area contributed by atoms with Crippen LogP contribution < -0.4 is 0 Å². The van der Waals surface area contributed by atoms with Crippen molar-refractivity contribution in [2.45, 2.75) is 12.8 Å². The molecule has 1 aromatic rings. The van der Waals surface area contributed by atoms with Crippen molar-refractivity contribution in [2.24, 2.45) is 0 Å². The van der Waals surface area contributed by atoms with Gasteiger partial charge in [0.1, 0.15) is 11.7 Å². The number of aliphatic carboxylic acids is 1. The Bertz CT molecular complexity index is 531. The van der Waals surface area contributed by atoms with E-state index in [0.29, 0.717) is 0 Å². The molecule has 96 valence electrons. The molecule has 0 fully saturated rings.